The summed E-state index contributed by atoms with van der Waals surface area (Å²) in [7, 11) is 2.20. The van der Waals surface area contributed by atoms with Crippen LogP contribution in [0.25, 0.3) is 0 Å². The molecular formula is C13H22N2O. The van der Waals surface area contributed by atoms with Crippen molar-refractivity contribution in [2.75, 3.05) is 7.05 Å². The standard InChI is InChI=1S/C13H22N2O/c1-15(12-5-3-2-4-6-12)9-13-7-11(8-14)10-16-13/h7,10,12H,2-6,8-9,14H2,1H3. The molecule has 1 fully saturated rings. The van der Waals surface area contributed by atoms with Gasteiger partial charge in [-0.3, -0.25) is 4.90 Å². The molecule has 2 N–H and O–H groups in total. The lowest BCUT2D eigenvalue weighted by molar-refractivity contribution is 0.173. The van der Waals surface area contributed by atoms with Crippen LogP contribution in [0.5, 0.6) is 0 Å². The van der Waals surface area contributed by atoms with E-state index < -0.39 is 0 Å². The van der Waals surface area contributed by atoms with Gasteiger partial charge >= 0.3 is 0 Å². The molecule has 0 saturated heterocycles. The Morgan fingerprint density at radius 1 is 1.38 bits per heavy atom. The van der Waals surface area contributed by atoms with Crippen molar-refractivity contribution in [2.24, 2.45) is 5.73 Å². The van der Waals surface area contributed by atoms with E-state index in [1.807, 2.05) is 0 Å². The molecule has 1 aromatic heterocycles. The van der Waals surface area contributed by atoms with Crippen LogP contribution in [0, 0.1) is 0 Å². The molecule has 1 heterocycles. The molecule has 0 aliphatic heterocycles. The van der Waals surface area contributed by atoms with E-state index in [2.05, 4.69) is 18.0 Å². The molecule has 2 rings (SSSR count). The predicted octanol–water partition coefficient (Wildman–Crippen LogP) is 2.50. The van der Waals surface area contributed by atoms with Gasteiger partial charge in [0.05, 0.1) is 12.8 Å². The van der Waals surface area contributed by atoms with Crippen molar-refractivity contribution >= 4 is 0 Å². The average Bonchev–Trinajstić information content (AvgIpc) is 2.78. The van der Waals surface area contributed by atoms with E-state index >= 15 is 0 Å². The molecule has 0 amide bonds. The first-order chi connectivity index (χ1) is 7.79. The van der Waals surface area contributed by atoms with Gasteiger partial charge in [0, 0.05) is 18.2 Å². The first-order valence-electron chi connectivity index (χ1n) is 6.26. The minimum absolute atomic E-state index is 0.566. The van der Waals surface area contributed by atoms with Crippen molar-refractivity contribution in [3.8, 4) is 0 Å². The molecule has 16 heavy (non-hydrogen) atoms. The molecule has 0 bridgehead atoms. The second kappa shape index (κ2) is 5.51. The Hall–Kier alpha value is -0.800. The number of nitrogens with two attached hydrogens (primary N) is 1. The van der Waals surface area contributed by atoms with E-state index in [9.17, 15) is 0 Å². The van der Waals surface area contributed by atoms with Gasteiger partial charge in [-0.1, -0.05) is 19.3 Å². The van der Waals surface area contributed by atoms with Crippen LogP contribution in [0.3, 0.4) is 0 Å². The van der Waals surface area contributed by atoms with Crippen LogP contribution in [-0.2, 0) is 13.1 Å². The number of rotatable bonds is 4. The Bertz CT molecular complexity index is 315. The van der Waals surface area contributed by atoms with Crippen LogP contribution in [0.4, 0.5) is 0 Å². The summed E-state index contributed by atoms with van der Waals surface area (Å²) in [6.45, 7) is 1.47. The van der Waals surface area contributed by atoms with Crippen LogP contribution in [-0.4, -0.2) is 18.0 Å². The summed E-state index contributed by atoms with van der Waals surface area (Å²) in [5, 5.41) is 0. The van der Waals surface area contributed by atoms with Crippen LogP contribution < -0.4 is 5.73 Å². The first-order valence-corrected chi connectivity index (χ1v) is 6.26. The van der Waals surface area contributed by atoms with Gasteiger partial charge in [0.2, 0.25) is 0 Å². The fourth-order valence-corrected chi connectivity index (χ4v) is 2.51. The largest absolute Gasteiger partial charge is 0.468 e. The molecule has 90 valence electrons. The Morgan fingerprint density at radius 3 is 2.75 bits per heavy atom. The molecule has 3 nitrogen and oxygen atoms in total. The van der Waals surface area contributed by atoms with E-state index in [1.165, 1.54) is 32.1 Å². The maximum Gasteiger partial charge on any atom is 0.118 e. The monoisotopic (exact) mass is 222 g/mol. The Kier molecular flexibility index (Phi) is 4.02. The van der Waals surface area contributed by atoms with Crippen LogP contribution in [0.1, 0.15) is 43.4 Å². The molecule has 0 radical (unpaired) electrons. The van der Waals surface area contributed by atoms with Gasteiger partial charge in [-0.2, -0.15) is 0 Å². The minimum Gasteiger partial charge on any atom is -0.468 e. The summed E-state index contributed by atoms with van der Waals surface area (Å²) < 4.78 is 5.50. The highest BCUT2D eigenvalue weighted by atomic mass is 16.3. The zero-order valence-corrected chi connectivity index (χ0v) is 10.1. The van der Waals surface area contributed by atoms with Gasteiger partial charge in [-0.25, -0.2) is 0 Å². The third-order valence-corrected chi connectivity index (χ3v) is 3.55. The molecule has 0 aromatic carbocycles. The lowest BCUT2D eigenvalue weighted by atomic mass is 9.94. The highest BCUT2D eigenvalue weighted by molar-refractivity contribution is 5.12. The van der Waals surface area contributed by atoms with E-state index in [0.717, 1.165) is 23.9 Å². The summed E-state index contributed by atoms with van der Waals surface area (Å²) in [5.41, 5.74) is 6.65. The number of furan rings is 1. The molecule has 1 aliphatic rings. The van der Waals surface area contributed by atoms with E-state index in [1.54, 1.807) is 6.26 Å². The average molecular weight is 222 g/mol. The quantitative estimate of drug-likeness (QED) is 0.851. The summed E-state index contributed by atoms with van der Waals surface area (Å²) in [4.78, 5) is 2.41. The van der Waals surface area contributed by atoms with E-state index in [0.29, 0.717) is 6.54 Å². The number of hydrogen-bond acceptors (Lipinski definition) is 3. The van der Waals surface area contributed by atoms with Crippen molar-refractivity contribution in [3.05, 3.63) is 23.7 Å². The molecule has 1 saturated carbocycles. The van der Waals surface area contributed by atoms with Crippen molar-refractivity contribution in [3.63, 3.8) is 0 Å². The van der Waals surface area contributed by atoms with Gasteiger partial charge in [-0.15, -0.1) is 0 Å². The summed E-state index contributed by atoms with van der Waals surface area (Å²) in [6.07, 6.45) is 8.59. The van der Waals surface area contributed by atoms with Crippen LogP contribution in [0.15, 0.2) is 16.7 Å². The molecule has 1 aliphatic carbocycles. The molecule has 0 spiro atoms. The lowest BCUT2D eigenvalue weighted by Gasteiger charge is -2.30. The van der Waals surface area contributed by atoms with Gasteiger partial charge in [0.1, 0.15) is 5.76 Å². The van der Waals surface area contributed by atoms with Gasteiger partial charge in [0.15, 0.2) is 0 Å². The Morgan fingerprint density at radius 2 is 2.12 bits per heavy atom. The highest BCUT2D eigenvalue weighted by Crippen LogP contribution is 2.23. The molecule has 0 atom stereocenters. The maximum atomic E-state index is 5.56. The van der Waals surface area contributed by atoms with E-state index in [-0.39, 0.29) is 0 Å². The normalized spacial score (nSPS) is 18.2. The zero-order chi connectivity index (χ0) is 11.4. The fourth-order valence-electron chi connectivity index (χ4n) is 2.51. The van der Waals surface area contributed by atoms with Gasteiger partial charge < -0.3 is 10.2 Å². The molecular weight excluding hydrogens is 200 g/mol. The van der Waals surface area contributed by atoms with Gasteiger partial charge in [-0.05, 0) is 26.0 Å². The second-order valence-electron chi connectivity index (χ2n) is 4.83. The predicted molar refractivity (Wildman–Crippen MR) is 64.9 cm³/mol. The number of hydrogen-bond donors (Lipinski definition) is 1. The zero-order valence-electron chi connectivity index (χ0n) is 10.1. The SMILES string of the molecule is CN(Cc1cc(CN)co1)C1CCCCC1. The van der Waals surface area contributed by atoms with Crippen molar-refractivity contribution in [1.29, 1.82) is 0 Å². The van der Waals surface area contributed by atoms with Crippen LogP contribution in [0.2, 0.25) is 0 Å². The first kappa shape index (κ1) is 11.7. The maximum absolute atomic E-state index is 5.56. The smallest absolute Gasteiger partial charge is 0.118 e. The lowest BCUT2D eigenvalue weighted by Crippen LogP contribution is -2.32. The third kappa shape index (κ3) is 2.86. The van der Waals surface area contributed by atoms with Crippen molar-refractivity contribution < 1.29 is 4.42 Å². The van der Waals surface area contributed by atoms with Crippen molar-refractivity contribution in [1.82, 2.24) is 4.90 Å². The summed E-state index contributed by atoms with van der Waals surface area (Å²) >= 11 is 0. The Balaban J connectivity index is 1.87. The fraction of sp³-hybridized carbons (Fsp3) is 0.692. The summed E-state index contributed by atoms with van der Waals surface area (Å²) in [6, 6.07) is 2.81. The highest BCUT2D eigenvalue weighted by Gasteiger charge is 2.18. The molecule has 1 aromatic rings. The van der Waals surface area contributed by atoms with E-state index in [4.69, 9.17) is 10.2 Å². The molecule has 3 heteroatoms. The van der Waals surface area contributed by atoms with Crippen LogP contribution >= 0.6 is 0 Å². The topological polar surface area (TPSA) is 42.4 Å². The second-order valence-corrected chi connectivity index (χ2v) is 4.83. The third-order valence-electron chi connectivity index (χ3n) is 3.55. The number of nitrogens with zero attached hydrogens (tertiary/aromatic N) is 1. The minimum atomic E-state index is 0.566. The van der Waals surface area contributed by atoms with Gasteiger partial charge in [0.25, 0.3) is 0 Å². The Labute approximate surface area is 97.6 Å². The van der Waals surface area contributed by atoms with Crippen molar-refractivity contribution in [2.45, 2.75) is 51.2 Å². The molecule has 0 unspecified atom stereocenters. The summed E-state index contributed by atoms with van der Waals surface area (Å²) in [5.74, 6) is 1.04.